The number of ether oxygens (including phenoxy) is 1. The second-order valence-electron chi connectivity index (χ2n) is 6.18. The van der Waals surface area contributed by atoms with Crippen LogP contribution in [0.2, 0.25) is 0 Å². The molecule has 2 aromatic rings. The number of carbonyl (C=O) groups excluding carboxylic acids is 2. The Kier molecular flexibility index (Phi) is 6.56. The number of morpholine rings is 1. The summed E-state index contributed by atoms with van der Waals surface area (Å²) in [6, 6.07) is 9.29. The lowest BCUT2D eigenvalue weighted by molar-refractivity contribution is -0.120. The monoisotopic (exact) mass is 375 g/mol. The third-order valence-electron chi connectivity index (χ3n) is 4.39. The molecule has 0 aliphatic carbocycles. The maximum atomic E-state index is 13.2. The van der Waals surface area contributed by atoms with Crippen molar-refractivity contribution in [2.24, 2.45) is 0 Å². The number of halogens is 1. The van der Waals surface area contributed by atoms with Crippen molar-refractivity contribution in [1.29, 1.82) is 0 Å². The predicted molar refractivity (Wildman–Crippen MR) is 95.6 cm³/mol. The van der Waals surface area contributed by atoms with Gasteiger partial charge in [-0.15, -0.1) is 0 Å². The Morgan fingerprint density at radius 2 is 1.85 bits per heavy atom. The van der Waals surface area contributed by atoms with Crippen molar-refractivity contribution in [3.05, 3.63) is 59.8 Å². The molecule has 144 valence electrons. The summed E-state index contributed by atoms with van der Waals surface area (Å²) in [5.41, 5.74) is 0.915. The van der Waals surface area contributed by atoms with Crippen LogP contribution in [0.1, 0.15) is 22.2 Å². The maximum absolute atomic E-state index is 13.2. The average Bonchev–Trinajstić information content (AvgIpc) is 3.23. The zero-order valence-electron chi connectivity index (χ0n) is 14.8. The van der Waals surface area contributed by atoms with E-state index in [1.54, 1.807) is 18.2 Å². The molecule has 1 aliphatic rings. The van der Waals surface area contributed by atoms with Gasteiger partial charge in [-0.05, 0) is 29.8 Å². The molecule has 0 bridgehead atoms. The first-order valence-corrected chi connectivity index (χ1v) is 8.79. The van der Waals surface area contributed by atoms with Gasteiger partial charge in [-0.2, -0.15) is 0 Å². The lowest BCUT2D eigenvalue weighted by atomic mass is 10.0. The van der Waals surface area contributed by atoms with Crippen molar-refractivity contribution in [1.82, 2.24) is 15.5 Å². The van der Waals surface area contributed by atoms with Gasteiger partial charge in [-0.3, -0.25) is 14.5 Å². The van der Waals surface area contributed by atoms with Crippen LogP contribution in [-0.2, 0) is 9.53 Å². The van der Waals surface area contributed by atoms with E-state index in [4.69, 9.17) is 9.15 Å². The summed E-state index contributed by atoms with van der Waals surface area (Å²) in [5.74, 6) is -0.904. The normalized spacial score (nSPS) is 15.9. The summed E-state index contributed by atoms with van der Waals surface area (Å²) in [6.45, 7) is 2.88. The third kappa shape index (κ3) is 5.38. The maximum Gasteiger partial charge on any atom is 0.287 e. The molecule has 7 nitrogen and oxygen atoms in total. The summed E-state index contributed by atoms with van der Waals surface area (Å²) < 4.78 is 23.6. The van der Waals surface area contributed by atoms with E-state index >= 15 is 0 Å². The first-order chi connectivity index (χ1) is 13.1. The first-order valence-electron chi connectivity index (χ1n) is 8.79. The molecule has 0 saturated carbocycles. The van der Waals surface area contributed by atoms with Crippen molar-refractivity contribution < 1.29 is 23.1 Å². The van der Waals surface area contributed by atoms with Crippen LogP contribution in [0.4, 0.5) is 4.39 Å². The molecule has 0 spiro atoms. The second-order valence-corrected chi connectivity index (χ2v) is 6.18. The van der Waals surface area contributed by atoms with Crippen molar-refractivity contribution >= 4 is 11.8 Å². The van der Waals surface area contributed by atoms with E-state index in [1.165, 1.54) is 24.5 Å². The van der Waals surface area contributed by atoms with E-state index in [1.807, 2.05) is 0 Å². The van der Waals surface area contributed by atoms with Gasteiger partial charge in [-0.1, -0.05) is 12.1 Å². The molecule has 27 heavy (non-hydrogen) atoms. The molecule has 2 heterocycles. The number of amides is 2. The highest BCUT2D eigenvalue weighted by Crippen LogP contribution is 2.21. The quantitative estimate of drug-likeness (QED) is 0.763. The van der Waals surface area contributed by atoms with Crippen LogP contribution >= 0.6 is 0 Å². The fourth-order valence-corrected chi connectivity index (χ4v) is 2.96. The molecule has 2 N–H and O–H groups in total. The van der Waals surface area contributed by atoms with Gasteiger partial charge in [0.25, 0.3) is 5.91 Å². The van der Waals surface area contributed by atoms with Gasteiger partial charge >= 0.3 is 0 Å². The first kappa shape index (κ1) is 19.1. The highest BCUT2D eigenvalue weighted by Gasteiger charge is 2.23. The van der Waals surface area contributed by atoms with Gasteiger partial charge in [0.1, 0.15) is 5.82 Å². The minimum absolute atomic E-state index is 0.0979. The number of nitrogens with one attached hydrogen (secondary N) is 2. The van der Waals surface area contributed by atoms with Gasteiger partial charge in [0.15, 0.2) is 5.76 Å². The molecule has 2 amide bonds. The highest BCUT2D eigenvalue weighted by molar-refractivity contribution is 5.94. The molecule has 0 radical (unpaired) electrons. The van der Waals surface area contributed by atoms with Crippen LogP contribution in [0.15, 0.2) is 47.1 Å². The Bertz CT molecular complexity index is 743. The predicted octanol–water partition coefficient (Wildman–Crippen LogP) is 1.34. The van der Waals surface area contributed by atoms with Crippen LogP contribution in [0.3, 0.4) is 0 Å². The summed E-state index contributed by atoms with van der Waals surface area (Å²) >= 11 is 0. The van der Waals surface area contributed by atoms with Crippen molar-refractivity contribution in [2.45, 2.75) is 6.04 Å². The molecular formula is C19H22FN3O4. The smallest absolute Gasteiger partial charge is 0.287 e. The molecule has 1 unspecified atom stereocenters. The van der Waals surface area contributed by atoms with E-state index in [0.29, 0.717) is 19.8 Å². The number of carbonyl (C=O) groups is 2. The Morgan fingerprint density at radius 3 is 2.52 bits per heavy atom. The van der Waals surface area contributed by atoms with Gasteiger partial charge in [0.2, 0.25) is 5.91 Å². The van der Waals surface area contributed by atoms with E-state index < -0.39 is 5.91 Å². The molecule has 1 saturated heterocycles. The Labute approximate surface area is 156 Å². The number of hydrogen-bond acceptors (Lipinski definition) is 5. The van der Waals surface area contributed by atoms with Gasteiger partial charge in [0.05, 0.1) is 32.1 Å². The molecule has 8 heteroatoms. The summed E-state index contributed by atoms with van der Waals surface area (Å²) in [7, 11) is 0. The summed E-state index contributed by atoms with van der Waals surface area (Å²) in [4.78, 5) is 26.1. The number of nitrogens with zero attached hydrogens (tertiary/aromatic N) is 1. The third-order valence-corrected chi connectivity index (χ3v) is 4.39. The molecular weight excluding hydrogens is 353 g/mol. The number of hydrogen-bond donors (Lipinski definition) is 2. The second kappa shape index (κ2) is 9.29. The summed E-state index contributed by atoms with van der Waals surface area (Å²) in [6.07, 6.45) is 1.39. The molecule has 1 fully saturated rings. The molecule has 1 aliphatic heterocycles. The largest absolute Gasteiger partial charge is 0.459 e. The molecule has 3 rings (SSSR count). The van der Waals surface area contributed by atoms with Crippen LogP contribution in [0, 0.1) is 5.82 Å². The van der Waals surface area contributed by atoms with E-state index in [2.05, 4.69) is 15.5 Å². The molecule has 1 atom stereocenters. The SMILES string of the molecule is O=C(CNC(=O)c1ccco1)NCC(c1ccc(F)cc1)N1CCOCC1. The van der Waals surface area contributed by atoms with Crippen LogP contribution in [-0.4, -0.2) is 56.1 Å². The Hall–Kier alpha value is -2.71. The van der Waals surface area contributed by atoms with Crippen molar-refractivity contribution in [2.75, 3.05) is 39.4 Å². The molecule has 1 aromatic carbocycles. The van der Waals surface area contributed by atoms with Crippen molar-refractivity contribution in [3.63, 3.8) is 0 Å². The zero-order valence-corrected chi connectivity index (χ0v) is 14.8. The van der Waals surface area contributed by atoms with Gasteiger partial charge < -0.3 is 19.8 Å². The van der Waals surface area contributed by atoms with Crippen LogP contribution in [0.5, 0.6) is 0 Å². The number of benzene rings is 1. The topological polar surface area (TPSA) is 83.8 Å². The van der Waals surface area contributed by atoms with Crippen molar-refractivity contribution in [3.8, 4) is 0 Å². The minimum atomic E-state index is -0.446. The fraction of sp³-hybridized carbons (Fsp3) is 0.368. The van der Waals surface area contributed by atoms with Gasteiger partial charge in [0, 0.05) is 19.6 Å². The summed E-state index contributed by atoms with van der Waals surface area (Å²) in [5, 5.41) is 5.34. The zero-order chi connectivity index (χ0) is 19.1. The fourth-order valence-electron chi connectivity index (χ4n) is 2.96. The Balaban J connectivity index is 1.56. The number of rotatable bonds is 7. The van der Waals surface area contributed by atoms with Crippen LogP contribution in [0.25, 0.3) is 0 Å². The lowest BCUT2D eigenvalue weighted by Gasteiger charge is -2.35. The minimum Gasteiger partial charge on any atom is -0.459 e. The number of furan rings is 1. The van der Waals surface area contributed by atoms with E-state index in [0.717, 1.165) is 18.7 Å². The lowest BCUT2D eigenvalue weighted by Crippen LogP contribution is -2.45. The Morgan fingerprint density at radius 1 is 1.11 bits per heavy atom. The highest BCUT2D eigenvalue weighted by atomic mass is 19.1. The average molecular weight is 375 g/mol. The van der Waals surface area contributed by atoms with E-state index in [9.17, 15) is 14.0 Å². The van der Waals surface area contributed by atoms with Crippen LogP contribution < -0.4 is 10.6 Å². The standard InChI is InChI=1S/C19H22FN3O4/c20-15-5-3-14(4-6-15)16(23-7-10-26-11-8-23)12-21-18(24)13-22-19(25)17-2-1-9-27-17/h1-6,9,16H,7-8,10-13H2,(H,21,24)(H,22,25). The van der Waals surface area contributed by atoms with E-state index in [-0.39, 0.29) is 30.1 Å². The van der Waals surface area contributed by atoms with Gasteiger partial charge in [-0.25, -0.2) is 4.39 Å². The molecule has 1 aromatic heterocycles.